The zero-order valence-electron chi connectivity index (χ0n) is 11.9. The van der Waals surface area contributed by atoms with Crippen LogP contribution in [-0.2, 0) is 13.1 Å². The molecule has 0 fully saturated rings. The lowest BCUT2D eigenvalue weighted by Crippen LogP contribution is -2.13. The molecule has 0 aliphatic heterocycles. The van der Waals surface area contributed by atoms with Gasteiger partial charge < -0.3 is 10.1 Å². The third kappa shape index (κ3) is 4.07. The van der Waals surface area contributed by atoms with Crippen LogP contribution in [-0.4, -0.2) is 6.61 Å². The molecule has 2 rings (SSSR count). The van der Waals surface area contributed by atoms with Gasteiger partial charge >= 0.3 is 0 Å². The zero-order chi connectivity index (χ0) is 14.4. The molecule has 0 spiro atoms. The van der Waals surface area contributed by atoms with Crippen LogP contribution in [0, 0.1) is 12.7 Å². The smallest absolute Gasteiger partial charge is 0.123 e. The van der Waals surface area contributed by atoms with Crippen LogP contribution in [0.25, 0.3) is 0 Å². The molecule has 0 aliphatic rings. The number of nitrogens with one attached hydrogen (secondary N) is 1. The van der Waals surface area contributed by atoms with E-state index in [0.717, 1.165) is 29.0 Å². The number of benzene rings is 2. The van der Waals surface area contributed by atoms with E-state index in [0.29, 0.717) is 13.2 Å². The second kappa shape index (κ2) is 7.06. The molecular formula is C17H20FNO. The van der Waals surface area contributed by atoms with Gasteiger partial charge in [0.15, 0.2) is 0 Å². The maximum Gasteiger partial charge on any atom is 0.123 e. The number of halogens is 1. The number of aryl methyl sites for hydroxylation is 1. The summed E-state index contributed by atoms with van der Waals surface area (Å²) in [4.78, 5) is 0. The molecule has 0 amide bonds. The lowest BCUT2D eigenvalue weighted by atomic mass is 10.1. The summed E-state index contributed by atoms with van der Waals surface area (Å²) in [5.41, 5.74) is 3.25. The van der Waals surface area contributed by atoms with E-state index in [1.165, 1.54) is 6.07 Å². The summed E-state index contributed by atoms with van der Waals surface area (Å²) in [6.07, 6.45) is 0. The maximum atomic E-state index is 13.2. The van der Waals surface area contributed by atoms with Crippen molar-refractivity contribution < 1.29 is 9.13 Å². The van der Waals surface area contributed by atoms with Crippen molar-refractivity contribution in [3.05, 3.63) is 65.0 Å². The molecule has 3 heteroatoms. The monoisotopic (exact) mass is 273 g/mol. The van der Waals surface area contributed by atoms with Gasteiger partial charge in [-0.15, -0.1) is 0 Å². The van der Waals surface area contributed by atoms with Crippen LogP contribution in [0.1, 0.15) is 23.6 Å². The van der Waals surface area contributed by atoms with Crippen molar-refractivity contribution >= 4 is 0 Å². The summed E-state index contributed by atoms with van der Waals surface area (Å²) in [5, 5.41) is 3.33. The Morgan fingerprint density at radius 3 is 2.75 bits per heavy atom. The van der Waals surface area contributed by atoms with Crippen LogP contribution < -0.4 is 10.1 Å². The summed E-state index contributed by atoms with van der Waals surface area (Å²) in [5.74, 6) is 0.694. The first kappa shape index (κ1) is 14.5. The van der Waals surface area contributed by atoms with Gasteiger partial charge in [0.2, 0.25) is 0 Å². The Morgan fingerprint density at radius 2 is 1.95 bits per heavy atom. The van der Waals surface area contributed by atoms with E-state index in [1.54, 1.807) is 6.07 Å². The van der Waals surface area contributed by atoms with Crippen molar-refractivity contribution in [2.24, 2.45) is 0 Å². The van der Waals surface area contributed by atoms with E-state index >= 15 is 0 Å². The average Bonchev–Trinajstić information content (AvgIpc) is 2.43. The fourth-order valence-electron chi connectivity index (χ4n) is 2.08. The van der Waals surface area contributed by atoms with E-state index in [9.17, 15) is 4.39 Å². The molecule has 0 atom stereocenters. The van der Waals surface area contributed by atoms with E-state index in [2.05, 4.69) is 5.32 Å². The maximum absolute atomic E-state index is 13.2. The largest absolute Gasteiger partial charge is 0.494 e. The van der Waals surface area contributed by atoms with Crippen molar-refractivity contribution in [1.82, 2.24) is 5.32 Å². The van der Waals surface area contributed by atoms with E-state index in [1.807, 2.05) is 44.2 Å². The van der Waals surface area contributed by atoms with Crippen LogP contribution in [0.3, 0.4) is 0 Å². The molecule has 0 radical (unpaired) electrons. The van der Waals surface area contributed by atoms with Gasteiger partial charge in [-0.1, -0.05) is 18.2 Å². The summed E-state index contributed by atoms with van der Waals surface area (Å²) in [6, 6.07) is 12.9. The summed E-state index contributed by atoms with van der Waals surface area (Å²) in [6.45, 7) is 6.02. The predicted octanol–water partition coefficient (Wildman–Crippen LogP) is 3.82. The van der Waals surface area contributed by atoms with Gasteiger partial charge in [-0.05, 0) is 54.8 Å². The zero-order valence-corrected chi connectivity index (χ0v) is 11.9. The molecule has 0 bridgehead atoms. The van der Waals surface area contributed by atoms with Crippen molar-refractivity contribution in [2.75, 3.05) is 6.61 Å². The van der Waals surface area contributed by atoms with Crippen LogP contribution in [0.4, 0.5) is 4.39 Å². The fourth-order valence-corrected chi connectivity index (χ4v) is 2.08. The molecular weight excluding hydrogens is 253 g/mol. The first-order valence-corrected chi connectivity index (χ1v) is 6.86. The number of hydrogen-bond acceptors (Lipinski definition) is 2. The third-order valence-corrected chi connectivity index (χ3v) is 3.17. The number of rotatable bonds is 6. The first-order valence-electron chi connectivity index (χ1n) is 6.86. The number of ether oxygens (including phenoxy) is 1. The Morgan fingerprint density at radius 1 is 1.10 bits per heavy atom. The molecule has 1 N–H and O–H groups in total. The molecule has 0 aromatic heterocycles. The lowest BCUT2D eigenvalue weighted by molar-refractivity contribution is 0.340. The Kier molecular flexibility index (Phi) is 5.13. The van der Waals surface area contributed by atoms with Crippen molar-refractivity contribution in [3.63, 3.8) is 0 Å². The standard InChI is InChI=1S/C17H20FNO/c1-3-20-17-6-4-5-14(9-17)11-19-12-15-10-16(18)8-7-13(15)2/h4-10,19H,3,11-12H2,1-2H3. The van der Waals surface area contributed by atoms with Crippen molar-refractivity contribution in [3.8, 4) is 5.75 Å². The van der Waals surface area contributed by atoms with Crippen molar-refractivity contribution in [2.45, 2.75) is 26.9 Å². The molecule has 2 aromatic rings. The molecule has 2 aromatic carbocycles. The van der Waals surface area contributed by atoms with Crippen LogP contribution in [0.15, 0.2) is 42.5 Å². The Bertz CT molecular complexity index is 569. The fraction of sp³-hybridized carbons (Fsp3) is 0.294. The SMILES string of the molecule is CCOc1cccc(CNCc2cc(F)ccc2C)c1. The molecule has 0 aliphatic carbocycles. The van der Waals surface area contributed by atoms with Crippen molar-refractivity contribution in [1.29, 1.82) is 0 Å². The second-order valence-corrected chi connectivity index (χ2v) is 4.75. The molecule has 0 unspecified atom stereocenters. The minimum atomic E-state index is -0.189. The molecule has 106 valence electrons. The molecule has 0 heterocycles. The highest BCUT2D eigenvalue weighted by Gasteiger charge is 2.01. The van der Waals surface area contributed by atoms with Gasteiger partial charge in [-0.2, -0.15) is 0 Å². The first-order chi connectivity index (χ1) is 9.69. The van der Waals surface area contributed by atoms with E-state index in [4.69, 9.17) is 4.74 Å². The highest BCUT2D eigenvalue weighted by molar-refractivity contribution is 5.29. The molecule has 0 saturated carbocycles. The minimum absolute atomic E-state index is 0.189. The van der Waals surface area contributed by atoms with Gasteiger partial charge in [-0.3, -0.25) is 0 Å². The summed E-state index contributed by atoms with van der Waals surface area (Å²) < 4.78 is 18.7. The summed E-state index contributed by atoms with van der Waals surface area (Å²) >= 11 is 0. The normalized spacial score (nSPS) is 10.6. The highest BCUT2D eigenvalue weighted by Crippen LogP contribution is 2.14. The Labute approximate surface area is 119 Å². The molecule has 0 saturated heterocycles. The van der Waals surface area contributed by atoms with Gasteiger partial charge in [0.1, 0.15) is 11.6 Å². The second-order valence-electron chi connectivity index (χ2n) is 4.75. The Hall–Kier alpha value is -1.87. The van der Waals surface area contributed by atoms with Crippen LogP contribution in [0.5, 0.6) is 5.75 Å². The average molecular weight is 273 g/mol. The van der Waals surface area contributed by atoms with Gasteiger partial charge in [0, 0.05) is 13.1 Å². The highest BCUT2D eigenvalue weighted by atomic mass is 19.1. The molecule has 2 nitrogen and oxygen atoms in total. The Balaban J connectivity index is 1.92. The van der Waals surface area contributed by atoms with Gasteiger partial charge in [-0.25, -0.2) is 4.39 Å². The van der Waals surface area contributed by atoms with Crippen LogP contribution in [0.2, 0.25) is 0 Å². The van der Waals surface area contributed by atoms with E-state index in [-0.39, 0.29) is 5.82 Å². The predicted molar refractivity (Wildman–Crippen MR) is 79.3 cm³/mol. The van der Waals surface area contributed by atoms with Gasteiger partial charge in [0.25, 0.3) is 0 Å². The topological polar surface area (TPSA) is 21.3 Å². The number of hydrogen-bond donors (Lipinski definition) is 1. The summed E-state index contributed by atoms with van der Waals surface area (Å²) in [7, 11) is 0. The minimum Gasteiger partial charge on any atom is -0.494 e. The van der Waals surface area contributed by atoms with E-state index < -0.39 is 0 Å². The quantitative estimate of drug-likeness (QED) is 0.864. The third-order valence-electron chi connectivity index (χ3n) is 3.17. The lowest BCUT2D eigenvalue weighted by Gasteiger charge is -2.09. The molecule has 20 heavy (non-hydrogen) atoms. The van der Waals surface area contributed by atoms with Crippen LogP contribution >= 0.6 is 0 Å². The van der Waals surface area contributed by atoms with Gasteiger partial charge in [0.05, 0.1) is 6.61 Å².